The fourth-order valence-electron chi connectivity index (χ4n) is 4.79. The Morgan fingerprint density at radius 2 is 2.00 bits per heavy atom. The highest BCUT2D eigenvalue weighted by atomic mass is 16.5. The Morgan fingerprint density at radius 1 is 1.14 bits per heavy atom. The van der Waals surface area contributed by atoms with Gasteiger partial charge >= 0.3 is 0 Å². The summed E-state index contributed by atoms with van der Waals surface area (Å²) in [7, 11) is 2.01. The van der Waals surface area contributed by atoms with Crippen molar-refractivity contribution in [1.82, 2.24) is 21.3 Å². The number of allylic oxidation sites excluding steroid dienone is 1. The van der Waals surface area contributed by atoms with Crippen LogP contribution in [0.15, 0.2) is 12.1 Å². The molecule has 0 amide bonds. The van der Waals surface area contributed by atoms with E-state index in [1.54, 1.807) is 0 Å². The molecule has 6 nitrogen and oxygen atoms in total. The third-order valence-corrected chi connectivity index (χ3v) is 6.49. The minimum absolute atomic E-state index is 0.0371. The van der Waals surface area contributed by atoms with Gasteiger partial charge in [-0.3, -0.25) is 10.6 Å². The highest BCUT2D eigenvalue weighted by Crippen LogP contribution is 2.41. The zero-order chi connectivity index (χ0) is 20.4. The maximum Gasteiger partial charge on any atom is 0.133 e. The van der Waals surface area contributed by atoms with Crippen LogP contribution in [0.4, 0.5) is 5.69 Å². The van der Waals surface area contributed by atoms with Crippen LogP contribution in [0.2, 0.25) is 0 Å². The standard InChI is InChI=1S/C23H37N5O/c1-14-7-8-17(9-10-25-14)21-16(3)19(13-18-6-5-11-29-22(18)21)27-23-26-15(2)12-20(24-4)28-23/h9,13-15,20,23-28H,5-8,10-12H2,1-4H3/t14-,15?,20?,23?/m0/s1. The molecule has 29 heavy (non-hydrogen) atoms. The second-order valence-corrected chi connectivity index (χ2v) is 8.83. The quantitative estimate of drug-likeness (QED) is 0.536. The lowest BCUT2D eigenvalue weighted by molar-refractivity contribution is 0.249. The Bertz CT molecular complexity index is 762. The van der Waals surface area contributed by atoms with Crippen molar-refractivity contribution < 1.29 is 4.74 Å². The molecule has 1 aromatic rings. The van der Waals surface area contributed by atoms with Crippen LogP contribution in [0.3, 0.4) is 0 Å². The van der Waals surface area contributed by atoms with Crippen LogP contribution in [0.5, 0.6) is 5.75 Å². The molecule has 3 heterocycles. The summed E-state index contributed by atoms with van der Waals surface area (Å²) in [5.74, 6) is 1.12. The first-order chi connectivity index (χ1) is 14.0. The van der Waals surface area contributed by atoms with Gasteiger partial charge in [0, 0.05) is 29.9 Å². The van der Waals surface area contributed by atoms with Crippen LogP contribution >= 0.6 is 0 Å². The van der Waals surface area contributed by atoms with Gasteiger partial charge in [-0.05, 0) is 82.7 Å². The maximum absolute atomic E-state index is 6.22. The molecule has 1 aromatic carbocycles. The van der Waals surface area contributed by atoms with Gasteiger partial charge in [0.25, 0.3) is 0 Å². The lowest BCUT2D eigenvalue weighted by Gasteiger charge is -2.37. The van der Waals surface area contributed by atoms with Crippen LogP contribution in [0, 0.1) is 6.92 Å². The van der Waals surface area contributed by atoms with Crippen molar-refractivity contribution in [1.29, 1.82) is 0 Å². The molecule has 0 saturated carbocycles. The summed E-state index contributed by atoms with van der Waals surface area (Å²) in [5, 5.41) is 17.9. The number of anilines is 1. The summed E-state index contributed by atoms with van der Waals surface area (Å²) in [6.45, 7) is 8.49. The third kappa shape index (κ3) is 4.61. The van der Waals surface area contributed by atoms with Gasteiger partial charge in [-0.15, -0.1) is 0 Å². The van der Waals surface area contributed by atoms with Crippen molar-refractivity contribution in [2.45, 2.75) is 77.4 Å². The van der Waals surface area contributed by atoms with Crippen molar-refractivity contribution in [2.24, 2.45) is 0 Å². The number of fused-ring (bicyclic) bond motifs is 1. The Morgan fingerprint density at radius 3 is 2.83 bits per heavy atom. The predicted octanol–water partition coefficient (Wildman–Crippen LogP) is 2.69. The molecule has 5 N–H and O–H groups in total. The molecule has 3 aliphatic rings. The van der Waals surface area contributed by atoms with Crippen LogP contribution in [0.1, 0.15) is 56.2 Å². The number of hydrogen-bond donors (Lipinski definition) is 5. The van der Waals surface area contributed by atoms with E-state index in [0.717, 1.165) is 51.0 Å². The van der Waals surface area contributed by atoms with E-state index in [1.807, 2.05) is 7.05 Å². The van der Waals surface area contributed by atoms with E-state index in [4.69, 9.17) is 4.74 Å². The van der Waals surface area contributed by atoms with Crippen molar-refractivity contribution in [2.75, 3.05) is 25.5 Å². The molecule has 4 rings (SSSR count). The number of ether oxygens (including phenoxy) is 1. The minimum atomic E-state index is 0.0371. The maximum atomic E-state index is 6.22. The second kappa shape index (κ2) is 9.04. The number of benzene rings is 1. The van der Waals surface area contributed by atoms with E-state index in [9.17, 15) is 0 Å². The molecule has 0 aliphatic carbocycles. The van der Waals surface area contributed by atoms with Gasteiger partial charge in [0.2, 0.25) is 0 Å². The second-order valence-electron chi connectivity index (χ2n) is 8.83. The molecule has 0 radical (unpaired) electrons. The number of hydrogen-bond acceptors (Lipinski definition) is 6. The molecule has 1 fully saturated rings. The third-order valence-electron chi connectivity index (χ3n) is 6.49. The zero-order valence-electron chi connectivity index (χ0n) is 18.3. The smallest absolute Gasteiger partial charge is 0.133 e. The SMILES string of the molecule is CNC1CC(C)NC(Nc2cc3c(c(C4=CCN[C@@H](C)CC4)c2C)OCCC3)N1. The van der Waals surface area contributed by atoms with Crippen LogP contribution in [-0.2, 0) is 6.42 Å². The van der Waals surface area contributed by atoms with Crippen molar-refractivity contribution >= 4 is 11.3 Å². The van der Waals surface area contributed by atoms with Gasteiger partial charge in [-0.1, -0.05) is 6.08 Å². The van der Waals surface area contributed by atoms with Gasteiger partial charge in [-0.25, -0.2) is 0 Å². The summed E-state index contributed by atoms with van der Waals surface area (Å²) in [4.78, 5) is 0. The normalized spacial score (nSPS) is 30.0. The summed E-state index contributed by atoms with van der Waals surface area (Å²) >= 11 is 0. The van der Waals surface area contributed by atoms with Gasteiger partial charge in [0.15, 0.2) is 0 Å². The van der Waals surface area contributed by atoms with E-state index < -0.39 is 0 Å². The van der Waals surface area contributed by atoms with Crippen LogP contribution in [0.25, 0.3) is 5.57 Å². The summed E-state index contributed by atoms with van der Waals surface area (Å²) < 4.78 is 6.22. The molecule has 0 bridgehead atoms. The molecule has 4 atom stereocenters. The summed E-state index contributed by atoms with van der Waals surface area (Å²) in [6, 6.07) is 3.31. The molecular formula is C23H37N5O. The first-order valence-electron chi connectivity index (χ1n) is 11.2. The highest BCUT2D eigenvalue weighted by molar-refractivity contribution is 5.80. The van der Waals surface area contributed by atoms with E-state index in [0.29, 0.717) is 18.2 Å². The molecule has 6 heteroatoms. The number of rotatable bonds is 4. The van der Waals surface area contributed by atoms with Crippen molar-refractivity contribution in [3.63, 3.8) is 0 Å². The molecule has 160 valence electrons. The molecule has 0 aromatic heterocycles. The minimum Gasteiger partial charge on any atom is -0.493 e. The molecule has 3 unspecified atom stereocenters. The zero-order valence-corrected chi connectivity index (χ0v) is 18.3. The molecule has 0 spiro atoms. The fraction of sp³-hybridized carbons (Fsp3) is 0.652. The average Bonchev–Trinajstić information content (AvgIpc) is 2.92. The van der Waals surface area contributed by atoms with Gasteiger partial charge < -0.3 is 20.7 Å². The first-order valence-corrected chi connectivity index (χ1v) is 11.2. The van der Waals surface area contributed by atoms with E-state index in [2.05, 4.69) is 59.5 Å². The Kier molecular flexibility index (Phi) is 6.44. The van der Waals surface area contributed by atoms with Crippen molar-refractivity contribution in [3.05, 3.63) is 28.8 Å². The Balaban J connectivity index is 1.67. The van der Waals surface area contributed by atoms with Crippen LogP contribution < -0.4 is 31.3 Å². The molecule has 3 aliphatic heterocycles. The fourth-order valence-corrected chi connectivity index (χ4v) is 4.79. The van der Waals surface area contributed by atoms with E-state index >= 15 is 0 Å². The van der Waals surface area contributed by atoms with Gasteiger partial charge in [0.05, 0.1) is 12.8 Å². The Labute approximate surface area is 175 Å². The van der Waals surface area contributed by atoms with Crippen LogP contribution in [-0.4, -0.2) is 44.7 Å². The lowest BCUT2D eigenvalue weighted by Crippen LogP contribution is -2.63. The van der Waals surface area contributed by atoms with E-state index in [1.165, 1.54) is 28.0 Å². The molecular weight excluding hydrogens is 362 g/mol. The number of nitrogens with one attached hydrogen (secondary N) is 5. The van der Waals surface area contributed by atoms with Crippen molar-refractivity contribution in [3.8, 4) is 5.75 Å². The van der Waals surface area contributed by atoms with E-state index in [-0.39, 0.29) is 6.29 Å². The summed E-state index contributed by atoms with van der Waals surface area (Å²) in [6.07, 6.45) is 8.19. The predicted molar refractivity (Wildman–Crippen MR) is 120 cm³/mol. The summed E-state index contributed by atoms with van der Waals surface area (Å²) in [5.41, 5.74) is 6.56. The monoisotopic (exact) mass is 399 g/mol. The lowest BCUT2D eigenvalue weighted by atomic mass is 9.89. The number of aryl methyl sites for hydroxylation is 1. The highest BCUT2D eigenvalue weighted by Gasteiger charge is 2.27. The largest absolute Gasteiger partial charge is 0.493 e. The first kappa shape index (κ1) is 20.7. The topological polar surface area (TPSA) is 69.4 Å². The van der Waals surface area contributed by atoms with Gasteiger partial charge in [0.1, 0.15) is 12.0 Å². The average molecular weight is 400 g/mol. The van der Waals surface area contributed by atoms with Gasteiger partial charge in [-0.2, -0.15) is 0 Å². The Hall–Kier alpha value is -1.60. The molecule has 1 saturated heterocycles.